The second-order valence-corrected chi connectivity index (χ2v) is 5.26. The zero-order chi connectivity index (χ0) is 16.5. The summed E-state index contributed by atoms with van der Waals surface area (Å²) in [5.74, 6) is 2.68. The average molecular weight is 306 g/mol. The second-order valence-electron chi connectivity index (χ2n) is 5.26. The minimum Gasteiger partial charge on any atom is -0.497 e. The van der Waals surface area contributed by atoms with Crippen LogP contribution < -0.4 is 9.47 Å². The summed E-state index contributed by atoms with van der Waals surface area (Å²) in [6.45, 7) is 4.13. The fourth-order valence-corrected chi connectivity index (χ4v) is 2.16. The lowest BCUT2D eigenvalue weighted by atomic mass is 10.1. The van der Waals surface area contributed by atoms with E-state index >= 15 is 0 Å². The Bertz CT molecular complexity index is 649. The van der Waals surface area contributed by atoms with Gasteiger partial charge in [0, 0.05) is 0 Å². The van der Waals surface area contributed by atoms with Crippen LogP contribution in [0.15, 0.2) is 78.9 Å². The van der Waals surface area contributed by atoms with Crippen LogP contribution >= 0.6 is 0 Å². The number of para-hydroxylation sites is 2. The standard InChI is InChI=1S/C12H10O.C9H12O/c1-3-7-11(8-4-1)13-12-9-5-2-6-10-12;1-7-4-8(2)6-9(5-7)10-3/h1-10H;4-6H,1-3H3. The van der Waals surface area contributed by atoms with Crippen LogP contribution in [-0.2, 0) is 0 Å². The quantitative estimate of drug-likeness (QED) is 0.609. The number of hydrogen-bond donors (Lipinski definition) is 0. The number of benzene rings is 3. The molecule has 2 nitrogen and oxygen atoms in total. The van der Waals surface area contributed by atoms with Gasteiger partial charge in [-0.2, -0.15) is 0 Å². The smallest absolute Gasteiger partial charge is 0.127 e. The van der Waals surface area contributed by atoms with Gasteiger partial charge in [0.2, 0.25) is 0 Å². The molecule has 0 amide bonds. The van der Waals surface area contributed by atoms with E-state index in [1.54, 1.807) is 7.11 Å². The first-order valence-electron chi connectivity index (χ1n) is 7.57. The zero-order valence-electron chi connectivity index (χ0n) is 13.8. The molecule has 23 heavy (non-hydrogen) atoms. The van der Waals surface area contributed by atoms with E-state index in [1.807, 2.05) is 72.8 Å². The van der Waals surface area contributed by atoms with Gasteiger partial charge in [-0.1, -0.05) is 42.5 Å². The lowest BCUT2D eigenvalue weighted by Gasteiger charge is -2.03. The minimum atomic E-state index is 0.869. The van der Waals surface area contributed by atoms with Crippen molar-refractivity contribution in [1.82, 2.24) is 0 Å². The van der Waals surface area contributed by atoms with Crippen LogP contribution in [0.5, 0.6) is 17.2 Å². The first-order chi connectivity index (χ1) is 11.2. The van der Waals surface area contributed by atoms with Crippen molar-refractivity contribution in [3.8, 4) is 17.2 Å². The van der Waals surface area contributed by atoms with Crippen LogP contribution in [-0.4, -0.2) is 7.11 Å². The van der Waals surface area contributed by atoms with Crippen molar-refractivity contribution in [2.45, 2.75) is 13.8 Å². The summed E-state index contributed by atoms with van der Waals surface area (Å²) < 4.78 is 10.7. The van der Waals surface area contributed by atoms with E-state index in [2.05, 4.69) is 19.9 Å². The van der Waals surface area contributed by atoms with Crippen molar-refractivity contribution in [3.63, 3.8) is 0 Å². The average Bonchev–Trinajstić information content (AvgIpc) is 2.56. The zero-order valence-corrected chi connectivity index (χ0v) is 13.8. The van der Waals surface area contributed by atoms with E-state index < -0.39 is 0 Å². The minimum absolute atomic E-state index is 0.869. The monoisotopic (exact) mass is 306 g/mol. The van der Waals surface area contributed by atoms with Gasteiger partial charge in [-0.25, -0.2) is 0 Å². The van der Waals surface area contributed by atoms with Crippen molar-refractivity contribution >= 4 is 0 Å². The maximum Gasteiger partial charge on any atom is 0.127 e. The fourth-order valence-electron chi connectivity index (χ4n) is 2.16. The van der Waals surface area contributed by atoms with Gasteiger partial charge in [-0.3, -0.25) is 0 Å². The van der Waals surface area contributed by atoms with Crippen molar-refractivity contribution < 1.29 is 9.47 Å². The van der Waals surface area contributed by atoms with Gasteiger partial charge in [-0.05, 0) is 61.4 Å². The molecule has 0 saturated carbocycles. The lowest BCUT2D eigenvalue weighted by molar-refractivity contribution is 0.414. The molecule has 0 spiro atoms. The topological polar surface area (TPSA) is 18.5 Å². The highest BCUT2D eigenvalue weighted by molar-refractivity contribution is 5.33. The maximum absolute atomic E-state index is 5.58. The van der Waals surface area contributed by atoms with Gasteiger partial charge >= 0.3 is 0 Å². The molecule has 3 aromatic carbocycles. The summed E-state index contributed by atoms with van der Waals surface area (Å²) in [5.41, 5.74) is 2.49. The van der Waals surface area contributed by atoms with Crippen molar-refractivity contribution in [3.05, 3.63) is 90.0 Å². The van der Waals surface area contributed by atoms with Crippen LogP contribution in [0.1, 0.15) is 11.1 Å². The highest BCUT2D eigenvalue weighted by atomic mass is 16.5. The van der Waals surface area contributed by atoms with Crippen LogP contribution in [0.2, 0.25) is 0 Å². The summed E-state index contributed by atoms with van der Waals surface area (Å²) in [6.07, 6.45) is 0. The van der Waals surface area contributed by atoms with E-state index in [9.17, 15) is 0 Å². The molecule has 2 heteroatoms. The van der Waals surface area contributed by atoms with Gasteiger partial charge in [-0.15, -0.1) is 0 Å². The number of rotatable bonds is 3. The molecule has 0 aliphatic rings. The first kappa shape index (κ1) is 16.6. The highest BCUT2D eigenvalue weighted by Crippen LogP contribution is 2.19. The van der Waals surface area contributed by atoms with Gasteiger partial charge < -0.3 is 9.47 Å². The Kier molecular flexibility index (Phi) is 6.25. The molecule has 0 saturated heterocycles. The van der Waals surface area contributed by atoms with Gasteiger partial charge in [0.05, 0.1) is 7.11 Å². The van der Waals surface area contributed by atoms with Crippen LogP contribution in [0.4, 0.5) is 0 Å². The molecular weight excluding hydrogens is 284 g/mol. The van der Waals surface area contributed by atoms with Crippen LogP contribution in [0.25, 0.3) is 0 Å². The Morgan fingerprint density at radius 3 is 1.39 bits per heavy atom. The molecule has 0 aliphatic carbocycles. The largest absolute Gasteiger partial charge is 0.497 e. The number of hydrogen-bond acceptors (Lipinski definition) is 2. The third-order valence-corrected chi connectivity index (χ3v) is 3.15. The van der Waals surface area contributed by atoms with E-state index in [0.29, 0.717) is 0 Å². The Balaban J connectivity index is 0.000000174. The summed E-state index contributed by atoms with van der Waals surface area (Å²) >= 11 is 0. The van der Waals surface area contributed by atoms with Gasteiger partial charge in [0.15, 0.2) is 0 Å². The summed E-state index contributed by atoms with van der Waals surface area (Å²) in [4.78, 5) is 0. The van der Waals surface area contributed by atoms with Crippen molar-refractivity contribution in [2.75, 3.05) is 7.11 Å². The maximum atomic E-state index is 5.58. The molecule has 3 rings (SSSR count). The Hall–Kier alpha value is -2.74. The number of aryl methyl sites for hydroxylation is 2. The van der Waals surface area contributed by atoms with Crippen molar-refractivity contribution in [2.24, 2.45) is 0 Å². The molecule has 0 bridgehead atoms. The van der Waals surface area contributed by atoms with E-state index in [-0.39, 0.29) is 0 Å². The van der Waals surface area contributed by atoms with E-state index in [4.69, 9.17) is 9.47 Å². The first-order valence-corrected chi connectivity index (χ1v) is 7.57. The third-order valence-electron chi connectivity index (χ3n) is 3.15. The van der Waals surface area contributed by atoms with Crippen molar-refractivity contribution in [1.29, 1.82) is 0 Å². The molecule has 0 fully saturated rings. The number of methoxy groups -OCH3 is 1. The molecule has 0 aliphatic heterocycles. The van der Waals surface area contributed by atoms with E-state index in [1.165, 1.54) is 11.1 Å². The Morgan fingerprint density at radius 1 is 0.565 bits per heavy atom. The number of ether oxygens (including phenoxy) is 2. The highest BCUT2D eigenvalue weighted by Gasteiger charge is 1.93. The summed E-state index contributed by atoms with van der Waals surface area (Å²) in [7, 11) is 1.69. The van der Waals surface area contributed by atoms with Crippen LogP contribution in [0.3, 0.4) is 0 Å². The fraction of sp³-hybridized carbons (Fsp3) is 0.143. The predicted molar refractivity (Wildman–Crippen MR) is 95.4 cm³/mol. The molecule has 0 unspecified atom stereocenters. The lowest BCUT2D eigenvalue weighted by Crippen LogP contribution is -1.84. The van der Waals surface area contributed by atoms with Crippen LogP contribution in [0, 0.1) is 13.8 Å². The third kappa shape index (κ3) is 5.87. The SMILES string of the molecule is COc1cc(C)cc(C)c1.c1ccc(Oc2ccccc2)cc1. The van der Waals surface area contributed by atoms with Gasteiger partial charge in [0.1, 0.15) is 17.2 Å². The van der Waals surface area contributed by atoms with Gasteiger partial charge in [0.25, 0.3) is 0 Å². The molecule has 118 valence electrons. The molecule has 0 atom stereocenters. The Morgan fingerprint density at radius 2 is 1.00 bits per heavy atom. The molecular formula is C21H22O2. The Labute approximate surface area is 138 Å². The normalized spacial score (nSPS) is 9.52. The van der Waals surface area contributed by atoms with E-state index in [0.717, 1.165) is 17.2 Å². The summed E-state index contributed by atoms with van der Waals surface area (Å²) in [6, 6.07) is 25.7. The second kappa shape index (κ2) is 8.64. The molecule has 0 heterocycles. The molecule has 3 aromatic rings. The molecule has 0 radical (unpaired) electrons. The molecule has 0 N–H and O–H groups in total. The molecule has 0 aromatic heterocycles. The summed E-state index contributed by atoms with van der Waals surface area (Å²) in [5, 5.41) is 0. The predicted octanol–water partition coefficient (Wildman–Crippen LogP) is 5.79.